The molecule has 2 N–H and O–H groups in total. The average Bonchev–Trinajstić information content (AvgIpc) is 2.92. The van der Waals surface area contributed by atoms with Crippen molar-refractivity contribution in [2.75, 3.05) is 5.73 Å². The molecule has 3 aromatic rings. The number of carbonyl (C=O) groups is 1. The van der Waals surface area contributed by atoms with Gasteiger partial charge in [-0.1, -0.05) is 12.1 Å². The van der Waals surface area contributed by atoms with Gasteiger partial charge >= 0.3 is 0 Å². The first-order valence-electron chi connectivity index (χ1n) is 7.06. The summed E-state index contributed by atoms with van der Waals surface area (Å²) in [6.07, 6.45) is 0. The summed E-state index contributed by atoms with van der Waals surface area (Å²) in [7, 11) is 0. The second-order valence-corrected chi connectivity index (χ2v) is 5.32. The number of rotatable bonds is 2. The number of halogens is 1. The zero-order chi connectivity index (χ0) is 16.6. The van der Waals surface area contributed by atoms with Gasteiger partial charge in [0.15, 0.2) is 5.82 Å². The number of carbonyl (C=O) groups excluding carboxylic acids is 1. The Bertz CT molecular complexity index is 884. The molecule has 5 nitrogen and oxygen atoms in total. The molecule has 0 amide bonds. The molecular formula is C17H15FN4O. The van der Waals surface area contributed by atoms with Crippen LogP contribution in [0.25, 0.3) is 11.4 Å². The van der Waals surface area contributed by atoms with E-state index in [4.69, 9.17) is 5.73 Å². The molecular weight excluding hydrogens is 295 g/mol. The lowest BCUT2D eigenvalue weighted by atomic mass is 10.1. The van der Waals surface area contributed by atoms with E-state index in [0.717, 1.165) is 21.4 Å². The van der Waals surface area contributed by atoms with Crippen molar-refractivity contribution in [1.82, 2.24) is 14.8 Å². The van der Waals surface area contributed by atoms with E-state index in [1.165, 1.54) is 24.3 Å². The zero-order valence-corrected chi connectivity index (χ0v) is 12.7. The lowest BCUT2D eigenvalue weighted by Crippen LogP contribution is -2.16. The fraction of sp³-hybridized carbons (Fsp3) is 0.118. The molecule has 0 atom stereocenters. The number of nitrogens with zero attached hydrogens (tertiary/aromatic N) is 3. The van der Waals surface area contributed by atoms with E-state index in [1.807, 2.05) is 32.0 Å². The minimum absolute atomic E-state index is 0.00690. The van der Waals surface area contributed by atoms with Gasteiger partial charge in [0.05, 0.1) is 0 Å². The molecule has 0 spiro atoms. The fourth-order valence-corrected chi connectivity index (χ4v) is 2.19. The third-order valence-electron chi connectivity index (χ3n) is 3.68. The predicted octanol–water partition coefficient (Wildman–Crippen LogP) is 2.97. The van der Waals surface area contributed by atoms with Crippen LogP contribution in [-0.4, -0.2) is 20.7 Å². The Morgan fingerprint density at radius 2 is 1.78 bits per heavy atom. The molecule has 2 aromatic carbocycles. The van der Waals surface area contributed by atoms with Crippen molar-refractivity contribution in [1.29, 1.82) is 0 Å². The molecule has 1 heterocycles. The Kier molecular flexibility index (Phi) is 3.65. The highest BCUT2D eigenvalue weighted by molar-refractivity contribution is 5.96. The van der Waals surface area contributed by atoms with Crippen molar-refractivity contribution in [3.8, 4) is 11.4 Å². The van der Waals surface area contributed by atoms with Gasteiger partial charge in [-0.2, -0.15) is 9.67 Å². The maximum atomic E-state index is 13.0. The number of nitrogens with two attached hydrogens (primary N) is 1. The molecule has 0 bridgehead atoms. The van der Waals surface area contributed by atoms with Gasteiger partial charge in [-0.05, 0) is 55.3 Å². The zero-order valence-electron chi connectivity index (χ0n) is 12.7. The Morgan fingerprint density at radius 3 is 2.43 bits per heavy atom. The number of aryl methyl sites for hydroxylation is 2. The van der Waals surface area contributed by atoms with Gasteiger partial charge in [0.25, 0.3) is 5.91 Å². The standard InChI is InChI=1S/C17H15FN4O/c1-10-3-4-13(9-11(10)2)15-20-17(19)22(21-15)16(23)12-5-7-14(18)8-6-12/h3-9H,1-2H3,(H2,19,20,21). The summed E-state index contributed by atoms with van der Waals surface area (Å²) in [5, 5.41) is 4.19. The van der Waals surface area contributed by atoms with Crippen LogP contribution in [0.5, 0.6) is 0 Å². The van der Waals surface area contributed by atoms with Crippen LogP contribution >= 0.6 is 0 Å². The van der Waals surface area contributed by atoms with Gasteiger partial charge in [-0.15, -0.1) is 5.10 Å². The molecule has 6 heteroatoms. The summed E-state index contributed by atoms with van der Waals surface area (Å²) in [5.41, 5.74) is 9.13. The van der Waals surface area contributed by atoms with Crippen LogP contribution in [0.2, 0.25) is 0 Å². The van der Waals surface area contributed by atoms with Gasteiger partial charge in [-0.25, -0.2) is 4.39 Å². The van der Waals surface area contributed by atoms with Crippen LogP contribution in [0.3, 0.4) is 0 Å². The number of hydrogen-bond donors (Lipinski definition) is 1. The second kappa shape index (κ2) is 5.64. The van der Waals surface area contributed by atoms with Crippen LogP contribution in [0, 0.1) is 19.7 Å². The first-order chi connectivity index (χ1) is 11.0. The van der Waals surface area contributed by atoms with E-state index in [2.05, 4.69) is 10.1 Å². The van der Waals surface area contributed by atoms with Crippen molar-refractivity contribution in [3.05, 3.63) is 65.0 Å². The fourth-order valence-electron chi connectivity index (χ4n) is 2.19. The van der Waals surface area contributed by atoms with Crippen molar-refractivity contribution in [3.63, 3.8) is 0 Å². The lowest BCUT2D eigenvalue weighted by Gasteiger charge is -2.02. The number of hydrogen-bond acceptors (Lipinski definition) is 4. The maximum absolute atomic E-state index is 13.0. The molecule has 0 radical (unpaired) electrons. The largest absolute Gasteiger partial charge is 0.368 e. The van der Waals surface area contributed by atoms with Gasteiger partial charge < -0.3 is 5.73 Å². The molecule has 0 fully saturated rings. The topological polar surface area (TPSA) is 73.8 Å². The molecule has 0 saturated heterocycles. The Labute approximate surface area is 132 Å². The summed E-state index contributed by atoms with van der Waals surface area (Å²) in [6.45, 7) is 4.00. The van der Waals surface area contributed by atoms with E-state index in [-0.39, 0.29) is 11.5 Å². The minimum atomic E-state index is -0.454. The molecule has 0 aliphatic heterocycles. The quantitative estimate of drug-likeness (QED) is 0.789. The molecule has 0 aliphatic carbocycles. The number of nitrogen functional groups attached to an aromatic ring is 1. The minimum Gasteiger partial charge on any atom is -0.368 e. The van der Waals surface area contributed by atoms with Gasteiger partial charge in [0.2, 0.25) is 5.95 Å². The van der Waals surface area contributed by atoms with Crippen LogP contribution < -0.4 is 5.73 Å². The predicted molar refractivity (Wildman–Crippen MR) is 85.5 cm³/mol. The second-order valence-electron chi connectivity index (χ2n) is 5.32. The van der Waals surface area contributed by atoms with Crippen molar-refractivity contribution in [2.24, 2.45) is 0 Å². The molecule has 0 aliphatic rings. The molecule has 116 valence electrons. The van der Waals surface area contributed by atoms with Gasteiger partial charge in [0.1, 0.15) is 5.82 Å². The van der Waals surface area contributed by atoms with Gasteiger partial charge in [0, 0.05) is 11.1 Å². The maximum Gasteiger partial charge on any atom is 0.281 e. The molecule has 23 heavy (non-hydrogen) atoms. The van der Waals surface area contributed by atoms with Crippen molar-refractivity contribution < 1.29 is 9.18 Å². The van der Waals surface area contributed by atoms with Gasteiger partial charge in [-0.3, -0.25) is 4.79 Å². The number of aromatic nitrogens is 3. The van der Waals surface area contributed by atoms with E-state index in [0.29, 0.717) is 5.82 Å². The summed E-state index contributed by atoms with van der Waals surface area (Å²) in [4.78, 5) is 16.6. The third-order valence-corrected chi connectivity index (χ3v) is 3.68. The molecule has 3 rings (SSSR count). The molecule has 0 saturated carbocycles. The smallest absolute Gasteiger partial charge is 0.281 e. The van der Waals surface area contributed by atoms with Crippen molar-refractivity contribution in [2.45, 2.75) is 13.8 Å². The summed E-state index contributed by atoms with van der Waals surface area (Å²) in [5.74, 6) is -0.498. The Balaban J connectivity index is 1.99. The van der Waals surface area contributed by atoms with Crippen LogP contribution in [0.15, 0.2) is 42.5 Å². The highest BCUT2D eigenvalue weighted by Crippen LogP contribution is 2.20. The average molecular weight is 310 g/mol. The highest BCUT2D eigenvalue weighted by atomic mass is 19.1. The van der Waals surface area contributed by atoms with E-state index < -0.39 is 11.7 Å². The highest BCUT2D eigenvalue weighted by Gasteiger charge is 2.17. The van der Waals surface area contributed by atoms with Crippen LogP contribution in [0.1, 0.15) is 21.5 Å². The molecule has 0 unspecified atom stereocenters. The first kappa shape index (κ1) is 14.9. The lowest BCUT2D eigenvalue weighted by molar-refractivity contribution is 0.0948. The Hall–Kier alpha value is -3.02. The van der Waals surface area contributed by atoms with E-state index in [9.17, 15) is 9.18 Å². The Morgan fingerprint density at radius 1 is 1.09 bits per heavy atom. The van der Waals surface area contributed by atoms with E-state index in [1.54, 1.807) is 0 Å². The van der Waals surface area contributed by atoms with Crippen LogP contribution in [-0.2, 0) is 0 Å². The molecule has 1 aromatic heterocycles. The monoisotopic (exact) mass is 310 g/mol. The normalized spacial score (nSPS) is 10.7. The summed E-state index contributed by atoms with van der Waals surface area (Å²) in [6, 6.07) is 11.0. The summed E-state index contributed by atoms with van der Waals surface area (Å²) >= 11 is 0. The summed E-state index contributed by atoms with van der Waals surface area (Å²) < 4.78 is 14.0. The number of benzene rings is 2. The first-order valence-corrected chi connectivity index (χ1v) is 7.06. The van der Waals surface area contributed by atoms with Crippen LogP contribution in [0.4, 0.5) is 10.3 Å². The number of anilines is 1. The van der Waals surface area contributed by atoms with E-state index >= 15 is 0 Å². The third kappa shape index (κ3) is 2.83. The van der Waals surface area contributed by atoms with Crippen molar-refractivity contribution >= 4 is 11.9 Å². The SMILES string of the molecule is Cc1ccc(-c2nc(N)n(C(=O)c3ccc(F)cc3)n2)cc1C.